The Labute approximate surface area is 119 Å². The molecule has 0 fully saturated rings. The van der Waals surface area contributed by atoms with Crippen molar-refractivity contribution in [3.05, 3.63) is 58.9 Å². The van der Waals surface area contributed by atoms with Crippen molar-refractivity contribution in [1.82, 2.24) is 0 Å². The molecule has 2 rings (SSSR count). The van der Waals surface area contributed by atoms with Gasteiger partial charge in [0.25, 0.3) is 0 Å². The van der Waals surface area contributed by atoms with Crippen molar-refractivity contribution in [2.75, 3.05) is 0 Å². The van der Waals surface area contributed by atoms with Gasteiger partial charge in [-0.05, 0) is 36.2 Å². The van der Waals surface area contributed by atoms with E-state index in [2.05, 4.69) is 22.0 Å². The molecule has 0 saturated heterocycles. The fourth-order valence-electron chi connectivity index (χ4n) is 1.65. The summed E-state index contributed by atoms with van der Waals surface area (Å²) >= 11 is 3.32. The van der Waals surface area contributed by atoms with Crippen molar-refractivity contribution in [1.29, 1.82) is 5.26 Å². The number of hydrogen-bond acceptors (Lipinski definition) is 2. The zero-order valence-electron chi connectivity index (χ0n) is 10.3. The van der Waals surface area contributed by atoms with Crippen LogP contribution in [-0.2, 0) is 5.33 Å². The topological polar surface area (TPSA) is 33.0 Å². The molecule has 0 amide bonds. The summed E-state index contributed by atoms with van der Waals surface area (Å²) in [6, 6.07) is 12.2. The van der Waals surface area contributed by atoms with Crippen molar-refractivity contribution in [2.24, 2.45) is 0 Å². The molecule has 0 aliphatic carbocycles. The van der Waals surface area contributed by atoms with E-state index in [1.165, 1.54) is 0 Å². The number of benzene rings is 2. The summed E-state index contributed by atoms with van der Waals surface area (Å²) in [7, 11) is 0. The molecule has 2 aromatic carbocycles. The van der Waals surface area contributed by atoms with Gasteiger partial charge < -0.3 is 4.74 Å². The van der Waals surface area contributed by atoms with Crippen LogP contribution in [0.2, 0.25) is 0 Å². The normalized spacial score (nSPS) is 10.0. The van der Waals surface area contributed by atoms with Crippen LogP contribution < -0.4 is 4.74 Å². The van der Waals surface area contributed by atoms with Gasteiger partial charge in [0, 0.05) is 5.33 Å². The van der Waals surface area contributed by atoms with Crippen molar-refractivity contribution in [2.45, 2.75) is 12.3 Å². The van der Waals surface area contributed by atoms with Gasteiger partial charge in [0.1, 0.15) is 11.8 Å². The molecular formula is C15H11BrFNO. The molecule has 0 heterocycles. The van der Waals surface area contributed by atoms with Crippen molar-refractivity contribution in [3.8, 4) is 17.6 Å². The Hall–Kier alpha value is -1.86. The Morgan fingerprint density at radius 3 is 2.74 bits per heavy atom. The number of halogens is 2. The third-order valence-corrected chi connectivity index (χ3v) is 3.34. The van der Waals surface area contributed by atoms with Crippen LogP contribution in [0.25, 0.3) is 0 Å². The van der Waals surface area contributed by atoms with Gasteiger partial charge in [-0.3, -0.25) is 0 Å². The third-order valence-electron chi connectivity index (χ3n) is 2.70. The van der Waals surface area contributed by atoms with Crippen molar-refractivity contribution < 1.29 is 9.13 Å². The quantitative estimate of drug-likeness (QED) is 0.769. The third kappa shape index (κ3) is 2.94. The largest absolute Gasteiger partial charge is 0.453 e. The minimum absolute atomic E-state index is 0.128. The van der Waals surface area contributed by atoms with Gasteiger partial charge in [0.15, 0.2) is 11.6 Å². The van der Waals surface area contributed by atoms with Crippen LogP contribution >= 0.6 is 15.9 Å². The number of aryl methyl sites for hydroxylation is 1. The molecule has 0 aliphatic heterocycles. The van der Waals surface area contributed by atoms with Crippen molar-refractivity contribution >= 4 is 15.9 Å². The highest BCUT2D eigenvalue weighted by atomic mass is 79.9. The zero-order chi connectivity index (χ0) is 13.8. The predicted molar refractivity (Wildman–Crippen MR) is 75.0 cm³/mol. The smallest absolute Gasteiger partial charge is 0.168 e. The molecule has 0 aromatic heterocycles. The van der Waals surface area contributed by atoms with Crippen LogP contribution in [0.4, 0.5) is 4.39 Å². The summed E-state index contributed by atoms with van der Waals surface area (Å²) in [5.74, 6) is 0.0794. The summed E-state index contributed by atoms with van der Waals surface area (Å²) in [5, 5.41) is 9.75. The Balaban J connectivity index is 2.39. The number of nitrogens with zero attached hydrogens (tertiary/aromatic N) is 1. The number of nitriles is 1. The van der Waals surface area contributed by atoms with Gasteiger partial charge in [-0.2, -0.15) is 5.26 Å². The second-order valence-corrected chi connectivity index (χ2v) is 4.63. The molecule has 19 heavy (non-hydrogen) atoms. The fourth-order valence-corrected chi connectivity index (χ4v) is 2.00. The maximum atomic E-state index is 13.9. The second kappa shape index (κ2) is 5.85. The molecule has 0 bridgehead atoms. The number of rotatable bonds is 3. The van der Waals surface area contributed by atoms with E-state index in [0.29, 0.717) is 22.2 Å². The minimum Gasteiger partial charge on any atom is -0.453 e. The molecule has 2 aromatic rings. The Morgan fingerprint density at radius 1 is 1.26 bits per heavy atom. The monoisotopic (exact) mass is 319 g/mol. The van der Waals surface area contributed by atoms with E-state index >= 15 is 0 Å². The van der Waals surface area contributed by atoms with Crippen LogP contribution in [0.1, 0.15) is 16.7 Å². The van der Waals surface area contributed by atoms with E-state index in [9.17, 15) is 4.39 Å². The Bertz CT molecular complexity index is 649. The summed E-state index contributed by atoms with van der Waals surface area (Å²) in [6.45, 7) is 1.67. The second-order valence-electron chi connectivity index (χ2n) is 4.07. The summed E-state index contributed by atoms with van der Waals surface area (Å²) in [5.41, 5.74) is 1.86. The molecular weight excluding hydrogens is 309 g/mol. The summed E-state index contributed by atoms with van der Waals surface area (Å²) in [4.78, 5) is 0. The van der Waals surface area contributed by atoms with Gasteiger partial charge in [-0.15, -0.1) is 0 Å². The van der Waals surface area contributed by atoms with Crippen LogP contribution in [-0.4, -0.2) is 0 Å². The molecule has 96 valence electrons. The first-order chi connectivity index (χ1) is 9.15. The lowest BCUT2D eigenvalue weighted by molar-refractivity contribution is 0.439. The predicted octanol–water partition coefficient (Wildman–Crippen LogP) is 4.69. The molecule has 0 saturated carbocycles. The van der Waals surface area contributed by atoms with E-state index in [0.717, 1.165) is 5.56 Å². The number of ether oxygens (including phenoxy) is 1. The average molecular weight is 320 g/mol. The maximum Gasteiger partial charge on any atom is 0.168 e. The van der Waals surface area contributed by atoms with E-state index in [1.807, 2.05) is 6.07 Å². The van der Waals surface area contributed by atoms with Crippen LogP contribution in [0, 0.1) is 24.1 Å². The highest BCUT2D eigenvalue weighted by molar-refractivity contribution is 9.08. The lowest BCUT2D eigenvalue weighted by Crippen LogP contribution is -1.93. The molecule has 4 heteroatoms. The summed E-state index contributed by atoms with van der Waals surface area (Å²) < 4.78 is 19.4. The minimum atomic E-state index is -0.407. The molecule has 0 N–H and O–H groups in total. The van der Waals surface area contributed by atoms with Gasteiger partial charge in [0.2, 0.25) is 0 Å². The van der Waals surface area contributed by atoms with E-state index in [-0.39, 0.29) is 5.75 Å². The first-order valence-electron chi connectivity index (χ1n) is 5.67. The van der Waals surface area contributed by atoms with Crippen LogP contribution in [0.5, 0.6) is 11.5 Å². The molecule has 2 nitrogen and oxygen atoms in total. The Morgan fingerprint density at radius 2 is 2.05 bits per heavy atom. The van der Waals surface area contributed by atoms with Gasteiger partial charge in [-0.25, -0.2) is 4.39 Å². The van der Waals surface area contributed by atoms with E-state index in [1.54, 1.807) is 37.3 Å². The standard InChI is InChI=1S/C15H11BrFNO/c1-10-3-2-4-14(15(10)17)19-13-6-5-11(8-16)7-12(13)9-18/h2-7H,8H2,1H3. The molecule has 0 atom stereocenters. The summed E-state index contributed by atoms with van der Waals surface area (Å²) in [6.07, 6.45) is 0. The Kier molecular flexibility index (Phi) is 4.18. The van der Waals surface area contributed by atoms with Crippen molar-refractivity contribution in [3.63, 3.8) is 0 Å². The molecule has 0 unspecified atom stereocenters. The van der Waals surface area contributed by atoms with Crippen LogP contribution in [0.3, 0.4) is 0 Å². The first-order valence-corrected chi connectivity index (χ1v) is 6.80. The average Bonchev–Trinajstić information content (AvgIpc) is 2.44. The SMILES string of the molecule is Cc1cccc(Oc2ccc(CBr)cc2C#N)c1F. The molecule has 0 spiro atoms. The molecule has 0 radical (unpaired) electrons. The lowest BCUT2D eigenvalue weighted by atomic mass is 10.1. The first kappa shape index (κ1) is 13.6. The fraction of sp³-hybridized carbons (Fsp3) is 0.133. The highest BCUT2D eigenvalue weighted by Gasteiger charge is 2.10. The van der Waals surface area contributed by atoms with E-state index in [4.69, 9.17) is 10.00 Å². The lowest BCUT2D eigenvalue weighted by Gasteiger charge is -2.10. The molecule has 0 aliphatic rings. The zero-order valence-corrected chi connectivity index (χ0v) is 11.9. The van der Waals surface area contributed by atoms with Crippen LogP contribution in [0.15, 0.2) is 36.4 Å². The highest BCUT2D eigenvalue weighted by Crippen LogP contribution is 2.29. The van der Waals surface area contributed by atoms with E-state index < -0.39 is 5.82 Å². The van der Waals surface area contributed by atoms with Gasteiger partial charge in [-0.1, -0.05) is 34.1 Å². The number of alkyl halides is 1. The van der Waals surface area contributed by atoms with Gasteiger partial charge in [0.05, 0.1) is 5.56 Å². The maximum absolute atomic E-state index is 13.9. The van der Waals surface area contributed by atoms with Gasteiger partial charge >= 0.3 is 0 Å². The number of hydrogen-bond donors (Lipinski definition) is 0.